The highest BCUT2D eigenvalue weighted by molar-refractivity contribution is 9.10. The normalized spacial score (nSPS) is 10.0. The number of rotatable bonds is 3. The number of nitrogens with two attached hydrogens (primary N) is 1. The molecule has 0 saturated heterocycles. The molecule has 2 rings (SSSR count). The van der Waals surface area contributed by atoms with Gasteiger partial charge in [0.05, 0.1) is 12.7 Å². The second kappa shape index (κ2) is 5.71. The van der Waals surface area contributed by atoms with Gasteiger partial charge in [-0.15, -0.1) is 0 Å². The van der Waals surface area contributed by atoms with Crippen molar-refractivity contribution in [1.82, 2.24) is 4.98 Å². The molecule has 0 spiro atoms. The number of pyridine rings is 1. The minimum Gasteiger partial charge on any atom is -0.480 e. The van der Waals surface area contributed by atoms with Gasteiger partial charge in [-0.2, -0.15) is 0 Å². The molecule has 1 heterocycles. The third-order valence-electron chi connectivity index (χ3n) is 2.47. The Kier molecular flexibility index (Phi) is 4.01. The van der Waals surface area contributed by atoms with Crippen LogP contribution in [0.4, 0.5) is 11.4 Å². The van der Waals surface area contributed by atoms with E-state index in [1.54, 1.807) is 36.5 Å². The number of aromatic nitrogens is 1. The Morgan fingerprint density at radius 2 is 2.21 bits per heavy atom. The molecule has 0 radical (unpaired) electrons. The van der Waals surface area contributed by atoms with Gasteiger partial charge in [-0.05, 0) is 30.3 Å². The molecule has 3 N–H and O–H groups in total. The van der Waals surface area contributed by atoms with Crippen molar-refractivity contribution in [3.63, 3.8) is 0 Å². The van der Waals surface area contributed by atoms with E-state index in [4.69, 9.17) is 10.5 Å². The van der Waals surface area contributed by atoms with E-state index in [0.717, 1.165) is 4.47 Å². The Bertz CT molecular complexity index is 617. The zero-order valence-corrected chi connectivity index (χ0v) is 11.8. The number of amides is 1. The minimum atomic E-state index is -0.315. The predicted octanol–water partition coefficient (Wildman–Crippen LogP) is 2.69. The van der Waals surface area contributed by atoms with Gasteiger partial charge in [0, 0.05) is 16.4 Å². The van der Waals surface area contributed by atoms with Gasteiger partial charge >= 0.3 is 0 Å². The molecule has 19 heavy (non-hydrogen) atoms. The fourth-order valence-corrected chi connectivity index (χ4v) is 1.92. The summed E-state index contributed by atoms with van der Waals surface area (Å²) in [5, 5.41) is 2.72. The molecule has 0 saturated carbocycles. The maximum atomic E-state index is 12.2. The maximum absolute atomic E-state index is 12.2. The standard InChI is InChI=1S/C13H12BrN3O2/c1-19-13-11(3-2-6-16-13)17-12(18)9-7-8(14)4-5-10(9)15/h2-7H,15H2,1H3,(H,17,18). The summed E-state index contributed by atoms with van der Waals surface area (Å²) in [7, 11) is 1.49. The summed E-state index contributed by atoms with van der Waals surface area (Å²) in [6.45, 7) is 0. The number of halogens is 1. The number of carbonyl (C=O) groups is 1. The van der Waals surface area contributed by atoms with Crippen LogP contribution in [0.5, 0.6) is 5.88 Å². The topological polar surface area (TPSA) is 77.2 Å². The second-order valence-corrected chi connectivity index (χ2v) is 4.66. The van der Waals surface area contributed by atoms with Gasteiger partial charge < -0.3 is 15.8 Å². The number of nitrogen functional groups attached to an aromatic ring is 1. The number of hydrogen-bond acceptors (Lipinski definition) is 4. The van der Waals surface area contributed by atoms with E-state index in [9.17, 15) is 4.79 Å². The molecule has 1 aromatic carbocycles. The van der Waals surface area contributed by atoms with Crippen molar-refractivity contribution < 1.29 is 9.53 Å². The summed E-state index contributed by atoms with van der Waals surface area (Å²) in [6.07, 6.45) is 1.59. The second-order valence-electron chi connectivity index (χ2n) is 3.75. The summed E-state index contributed by atoms with van der Waals surface area (Å²) in [5.41, 5.74) is 7.08. The Morgan fingerprint density at radius 3 is 2.95 bits per heavy atom. The molecule has 0 atom stereocenters. The third-order valence-corrected chi connectivity index (χ3v) is 2.97. The molecule has 0 fully saturated rings. The molecule has 0 aliphatic heterocycles. The predicted molar refractivity (Wildman–Crippen MR) is 77.3 cm³/mol. The van der Waals surface area contributed by atoms with Crippen LogP contribution in [-0.2, 0) is 0 Å². The fourth-order valence-electron chi connectivity index (χ4n) is 1.56. The van der Waals surface area contributed by atoms with Crippen LogP contribution in [-0.4, -0.2) is 18.0 Å². The smallest absolute Gasteiger partial charge is 0.257 e. The van der Waals surface area contributed by atoms with E-state index in [1.165, 1.54) is 7.11 Å². The van der Waals surface area contributed by atoms with Crippen molar-refractivity contribution in [3.8, 4) is 5.88 Å². The highest BCUT2D eigenvalue weighted by Gasteiger charge is 2.13. The Labute approximate surface area is 118 Å². The van der Waals surface area contributed by atoms with E-state index in [2.05, 4.69) is 26.2 Å². The number of methoxy groups -OCH3 is 1. The van der Waals surface area contributed by atoms with E-state index in [1.807, 2.05) is 0 Å². The number of hydrogen-bond donors (Lipinski definition) is 2. The Morgan fingerprint density at radius 1 is 1.42 bits per heavy atom. The summed E-state index contributed by atoms with van der Waals surface area (Å²) >= 11 is 3.31. The first kappa shape index (κ1) is 13.4. The highest BCUT2D eigenvalue weighted by atomic mass is 79.9. The molecule has 0 aliphatic rings. The van der Waals surface area contributed by atoms with E-state index < -0.39 is 0 Å². The van der Waals surface area contributed by atoms with Crippen LogP contribution in [0.1, 0.15) is 10.4 Å². The fraction of sp³-hybridized carbons (Fsp3) is 0.0769. The number of anilines is 2. The number of nitrogens with zero attached hydrogens (tertiary/aromatic N) is 1. The lowest BCUT2D eigenvalue weighted by Crippen LogP contribution is -2.15. The summed E-state index contributed by atoms with van der Waals surface area (Å²) in [4.78, 5) is 16.2. The lowest BCUT2D eigenvalue weighted by atomic mass is 10.1. The van der Waals surface area contributed by atoms with Crippen LogP contribution in [0.2, 0.25) is 0 Å². The molecule has 1 aromatic heterocycles. The minimum absolute atomic E-state index is 0.315. The lowest BCUT2D eigenvalue weighted by Gasteiger charge is -2.10. The average molecular weight is 322 g/mol. The Balaban J connectivity index is 2.28. The van der Waals surface area contributed by atoms with Crippen molar-refractivity contribution in [2.24, 2.45) is 0 Å². The van der Waals surface area contributed by atoms with E-state index in [0.29, 0.717) is 22.8 Å². The molecular weight excluding hydrogens is 310 g/mol. The first-order valence-corrected chi connectivity index (χ1v) is 6.26. The first-order chi connectivity index (χ1) is 9.11. The highest BCUT2D eigenvalue weighted by Crippen LogP contribution is 2.23. The number of benzene rings is 1. The molecule has 6 heteroatoms. The lowest BCUT2D eigenvalue weighted by molar-refractivity contribution is 0.102. The number of ether oxygens (including phenoxy) is 1. The van der Waals surface area contributed by atoms with Gasteiger partial charge in [-0.1, -0.05) is 15.9 Å². The zero-order valence-electron chi connectivity index (χ0n) is 10.2. The zero-order chi connectivity index (χ0) is 13.8. The third kappa shape index (κ3) is 3.03. The largest absolute Gasteiger partial charge is 0.480 e. The molecule has 0 bridgehead atoms. The summed E-state index contributed by atoms with van der Waals surface area (Å²) in [5.74, 6) is 0.0366. The molecular formula is C13H12BrN3O2. The van der Waals surface area contributed by atoms with Crippen LogP contribution in [0.3, 0.4) is 0 Å². The molecule has 98 valence electrons. The van der Waals surface area contributed by atoms with Crippen LogP contribution in [0.25, 0.3) is 0 Å². The summed E-state index contributed by atoms with van der Waals surface area (Å²) < 4.78 is 5.85. The van der Waals surface area contributed by atoms with Crippen molar-refractivity contribution in [1.29, 1.82) is 0 Å². The van der Waals surface area contributed by atoms with Crippen LogP contribution in [0.15, 0.2) is 41.0 Å². The van der Waals surface area contributed by atoms with Gasteiger partial charge in [0.15, 0.2) is 0 Å². The quantitative estimate of drug-likeness (QED) is 0.852. The van der Waals surface area contributed by atoms with Crippen LogP contribution < -0.4 is 15.8 Å². The number of carbonyl (C=O) groups excluding carboxylic acids is 1. The van der Waals surface area contributed by atoms with Crippen molar-refractivity contribution in [2.45, 2.75) is 0 Å². The van der Waals surface area contributed by atoms with Crippen molar-refractivity contribution in [3.05, 3.63) is 46.6 Å². The van der Waals surface area contributed by atoms with Crippen molar-refractivity contribution in [2.75, 3.05) is 18.2 Å². The SMILES string of the molecule is COc1ncccc1NC(=O)c1cc(Br)ccc1N. The molecule has 0 aliphatic carbocycles. The first-order valence-electron chi connectivity index (χ1n) is 5.47. The number of nitrogens with one attached hydrogen (secondary N) is 1. The molecule has 5 nitrogen and oxygen atoms in total. The van der Waals surface area contributed by atoms with Gasteiger partial charge in [-0.25, -0.2) is 4.98 Å². The maximum Gasteiger partial charge on any atom is 0.257 e. The van der Waals surface area contributed by atoms with Gasteiger partial charge in [0.2, 0.25) is 5.88 Å². The van der Waals surface area contributed by atoms with Crippen LogP contribution in [0, 0.1) is 0 Å². The van der Waals surface area contributed by atoms with Gasteiger partial charge in [-0.3, -0.25) is 4.79 Å². The van der Waals surface area contributed by atoms with E-state index in [-0.39, 0.29) is 5.91 Å². The molecule has 2 aromatic rings. The van der Waals surface area contributed by atoms with Crippen LogP contribution >= 0.6 is 15.9 Å². The molecule has 0 unspecified atom stereocenters. The van der Waals surface area contributed by atoms with Gasteiger partial charge in [0.25, 0.3) is 5.91 Å². The molecule has 1 amide bonds. The van der Waals surface area contributed by atoms with E-state index >= 15 is 0 Å². The summed E-state index contributed by atoms with van der Waals surface area (Å²) in [6, 6.07) is 8.52. The Hall–Kier alpha value is -2.08. The average Bonchev–Trinajstić information content (AvgIpc) is 2.42. The monoisotopic (exact) mass is 321 g/mol. The van der Waals surface area contributed by atoms with Crippen molar-refractivity contribution >= 4 is 33.2 Å². The van der Waals surface area contributed by atoms with Gasteiger partial charge in [0.1, 0.15) is 5.69 Å².